The third-order valence-electron chi connectivity index (χ3n) is 7.69. The minimum Gasteiger partial charge on any atom is -0.367 e. The van der Waals surface area contributed by atoms with Crippen LogP contribution in [0.5, 0.6) is 0 Å². The Labute approximate surface area is 255 Å². The Bertz CT molecular complexity index is 2080. The molecule has 1 aliphatic rings. The van der Waals surface area contributed by atoms with Gasteiger partial charge in [-0.1, -0.05) is 6.07 Å². The second kappa shape index (κ2) is 10.9. The molecule has 45 heavy (non-hydrogen) atoms. The number of halogens is 3. The minimum absolute atomic E-state index is 0.133. The van der Waals surface area contributed by atoms with Crippen LogP contribution < -0.4 is 10.6 Å². The summed E-state index contributed by atoms with van der Waals surface area (Å²) in [6.45, 7) is 3.66. The van der Waals surface area contributed by atoms with Crippen LogP contribution in [0.25, 0.3) is 33.7 Å². The number of amides is 1. The number of nitrogens with one attached hydrogen (secondary N) is 2. The minimum atomic E-state index is -4.64. The van der Waals surface area contributed by atoms with Crippen molar-refractivity contribution in [1.82, 2.24) is 29.1 Å². The van der Waals surface area contributed by atoms with E-state index >= 15 is 0 Å². The number of hydrogen-bond acceptors (Lipinski definition) is 6. The molecule has 9 nitrogen and oxygen atoms in total. The van der Waals surface area contributed by atoms with Gasteiger partial charge in [-0.2, -0.15) is 13.2 Å². The van der Waals surface area contributed by atoms with Gasteiger partial charge in [0.25, 0.3) is 5.91 Å². The van der Waals surface area contributed by atoms with Gasteiger partial charge in [0.1, 0.15) is 18.0 Å². The van der Waals surface area contributed by atoms with Crippen LogP contribution in [0, 0.1) is 13.8 Å². The number of carbonyl (C=O) groups excluding carboxylic acids is 1. The maximum atomic E-state index is 13.8. The number of anilines is 2. The van der Waals surface area contributed by atoms with E-state index in [-0.39, 0.29) is 11.3 Å². The van der Waals surface area contributed by atoms with E-state index in [1.807, 2.05) is 42.0 Å². The summed E-state index contributed by atoms with van der Waals surface area (Å²) in [5.41, 5.74) is 3.40. The normalized spacial score (nSPS) is 13.3. The average Bonchev–Trinajstić information content (AvgIpc) is 3.56. The summed E-state index contributed by atoms with van der Waals surface area (Å²) in [5, 5.41) is 7.08. The molecule has 6 aromatic rings. The average molecular weight is 609 g/mol. The number of nitrogens with zero attached hydrogens (tertiary/aromatic N) is 6. The monoisotopic (exact) mass is 608 g/mol. The molecule has 0 saturated heterocycles. The second-order valence-electron chi connectivity index (χ2n) is 11.2. The van der Waals surface area contributed by atoms with E-state index in [1.54, 1.807) is 31.5 Å². The molecular formula is C33H27F3N8O. The molecule has 0 bridgehead atoms. The molecule has 0 aliphatic heterocycles. The number of alkyl halides is 3. The molecule has 0 spiro atoms. The SMILES string of the molecule is Cc1cn(-c2cc(C(=O)Nc3ccc(C)c(-c4cc5c(ccn5-c5cc(NC6CC6)ncn5)cn4)c3)cc(C(F)(F)F)c2)cn1. The van der Waals surface area contributed by atoms with Crippen molar-refractivity contribution >= 4 is 28.3 Å². The number of aromatic nitrogens is 6. The first kappa shape index (κ1) is 28.3. The van der Waals surface area contributed by atoms with E-state index in [4.69, 9.17) is 0 Å². The standard InChI is InChI=1S/C33H27F3N8O/c1-19-3-4-25(42-32(45)22-9-23(33(34,35)36)11-26(10-22)43-16-20(2)40-18-43)12-27(19)28-13-29-21(15-37-28)7-8-44(29)31-14-30(38-17-39-31)41-24-5-6-24/h3-4,7-18,24H,5-6H2,1-2H3,(H,42,45)(H,38,39,41). The zero-order chi connectivity index (χ0) is 31.3. The van der Waals surface area contributed by atoms with Crippen LogP contribution in [-0.2, 0) is 6.18 Å². The molecule has 0 atom stereocenters. The van der Waals surface area contributed by atoms with Crippen LogP contribution in [-0.4, -0.2) is 41.0 Å². The highest BCUT2D eigenvalue weighted by Crippen LogP contribution is 2.33. The van der Waals surface area contributed by atoms with Crippen LogP contribution in [0.4, 0.5) is 24.7 Å². The molecule has 4 heterocycles. The summed E-state index contributed by atoms with van der Waals surface area (Å²) in [7, 11) is 0. The van der Waals surface area contributed by atoms with E-state index < -0.39 is 17.6 Å². The number of carbonyl (C=O) groups is 1. The van der Waals surface area contributed by atoms with Crippen molar-refractivity contribution in [3.63, 3.8) is 0 Å². The van der Waals surface area contributed by atoms with Crippen molar-refractivity contribution in [2.75, 3.05) is 10.6 Å². The third-order valence-corrected chi connectivity index (χ3v) is 7.69. The van der Waals surface area contributed by atoms with Gasteiger partial charge in [-0.25, -0.2) is 15.0 Å². The number of benzene rings is 2. The van der Waals surface area contributed by atoms with Crippen molar-refractivity contribution < 1.29 is 18.0 Å². The Kier molecular flexibility index (Phi) is 6.83. The number of aryl methyl sites for hydroxylation is 2. The summed E-state index contributed by atoms with van der Waals surface area (Å²) in [5.74, 6) is 0.806. The molecule has 1 amide bonds. The van der Waals surface area contributed by atoms with Gasteiger partial charge >= 0.3 is 6.18 Å². The first-order valence-corrected chi connectivity index (χ1v) is 14.3. The largest absolute Gasteiger partial charge is 0.416 e. The Morgan fingerprint density at radius 1 is 0.956 bits per heavy atom. The molecule has 2 aromatic carbocycles. The Morgan fingerprint density at radius 3 is 2.56 bits per heavy atom. The zero-order valence-corrected chi connectivity index (χ0v) is 24.3. The Balaban J connectivity index is 1.20. The van der Waals surface area contributed by atoms with Gasteiger partial charge in [0.15, 0.2) is 0 Å². The molecule has 2 N–H and O–H groups in total. The second-order valence-corrected chi connectivity index (χ2v) is 11.2. The van der Waals surface area contributed by atoms with Crippen molar-refractivity contribution in [2.24, 2.45) is 0 Å². The van der Waals surface area contributed by atoms with Gasteiger partial charge in [0, 0.05) is 58.6 Å². The molecule has 7 rings (SSSR count). The summed E-state index contributed by atoms with van der Waals surface area (Å²) in [6, 6.07) is 14.8. The van der Waals surface area contributed by atoms with Crippen molar-refractivity contribution in [3.05, 3.63) is 108 Å². The Hall–Kier alpha value is -5.52. The van der Waals surface area contributed by atoms with Crippen LogP contribution in [0.2, 0.25) is 0 Å². The number of fused-ring (bicyclic) bond motifs is 1. The molecule has 4 aromatic heterocycles. The zero-order valence-electron chi connectivity index (χ0n) is 24.3. The maximum Gasteiger partial charge on any atom is 0.416 e. The molecule has 12 heteroatoms. The summed E-state index contributed by atoms with van der Waals surface area (Å²) < 4.78 is 44.7. The van der Waals surface area contributed by atoms with E-state index in [1.165, 1.54) is 23.3 Å². The molecule has 1 saturated carbocycles. The molecule has 1 aliphatic carbocycles. The van der Waals surface area contributed by atoms with E-state index in [9.17, 15) is 18.0 Å². The van der Waals surface area contributed by atoms with Gasteiger partial charge in [-0.3, -0.25) is 9.78 Å². The molecular weight excluding hydrogens is 581 g/mol. The predicted octanol–water partition coefficient (Wildman–Crippen LogP) is 7.13. The van der Waals surface area contributed by atoms with Crippen molar-refractivity contribution in [2.45, 2.75) is 38.9 Å². The van der Waals surface area contributed by atoms with E-state index in [0.29, 0.717) is 28.9 Å². The number of pyridine rings is 1. The molecule has 0 unspecified atom stereocenters. The van der Waals surface area contributed by atoms with Crippen LogP contribution in [0.1, 0.15) is 40.0 Å². The van der Waals surface area contributed by atoms with Crippen molar-refractivity contribution in [3.8, 4) is 22.8 Å². The lowest BCUT2D eigenvalue weighted by Gasteiger charge is -2.14. The highest BCUT2D eigenvalue weighted by molar-refractivity contribution is 6.05. The fourth-order valence-corrected chi connectivity index (χ4v) is 5.17. The Morgan fingerprint density at radius 2 is 1.80 bits per heavy atom. The molecule has 226 valence electrons. The highest BCUT2D eigenvalue weighted by atomic mass is 19.4. The lowest BCUT2D eigenvalue weighted by atomic mass is 10.0. The van der Waals surface area contributed by atoms with E-state index in [2.05, 4.69) is 30.6 Å². The smallest absolute Gasteiger partial charge is 0.367 e. The highest BCUT2D eigenvalue weighted by Gasteiger charge is 2.32. The number of imidazole rings is 1. The van der Waals surface area contributed by atoms with Gasteiger partial charge in [0.2, 0.25) is 0 Å². The van der Waals surface area contributed by atoms with Gasteiger partial charge in [0.05, 0.1) is 28.8 Å². The number of hydrogen-bond donors (Lipinski definition) is 2. The topological polar surface area (TPSA) is 103 Å². The third kappa shape index (κ3) is 5.86. The van der Waals surface area contributed by atoms with Gasteiger partial charge < -0.3 is 19.8 Å². The van der Waals surface area contributed by atoms with Crippen LogP contribution >= 0.6 is 0 Å². The summed E-state index contributed by atoms with van der Waals surface area (Å²) >= 11 is 0. The summed E-state index contributed by atoms with van der Waals surface area (Å²) in [6.07, 6.45) is 5.87. The lowest BCUT2D eigenvalue weighted by molar-refractivity contribution is -0.137. The molecule has 1 fully saturated rings. The molecule has 0 radical (unpaired) electrons. The van der Waals surface area contributed by atoms with Crippen LogP contribution in [0.15, 0.2) is 85.8 Å². The lowest BCUT2D eigenvalue weighted by Crippen LogP contribution is -2.15. The quantitative estimate of drug-likeness (QED) is 0.200. The predicted molar refractivity (Wildman–Crippen MR) is 165 cm³/mol. The van der Waals surface area contributed by atoms with Gasteiger partial charge in [-0.05, 0) is 74.7 Å². The van der Waals surface area contributed by atoms with Gasteiger partial charge in [-0.15, -0.1) is 0 Å². The van der Waals surface area contributed by atoms with Crippen molar-refractivity contribution in [1.29, 1.82) is 0 Å². The van der Waals surface area contributed by atoms with Crippen LogP contribution in [0.3, 0.4) is 0 Å². The first-order chi connectivity index (χ1) is 21.6. The summed E-state index contributed by atoms with van der Waals surface area (Å²) in [4.78, 5) is 30.9. The fraction of sp³-hybridized carbons (Fsp3) is 0.182. The fourth-order valence-electron chi connectivity index (χ4n) is 5.17. The maximum absolute atomic E-state index is 13.8. The van der Waals surface area contributed by atoms with E-state index in [0.717, 1.165) is 52.8 Å². The number of rotatable bonds is 7. The first-order valence-electron chi connectivity index (χ1n) is 14.3.